The fraction of sp³-hybridized carbons (Fsp3) is 0.111. The molecule has 0 aliphatic rings. The molecule has 0 unspecified atom stereocenters. The molecule has 0 spiro atoms. The van der Waals surface area contributed by atoms with Gasteiger partial charge in [-0.15, -0.1) is 0 Å². The summed E-state index contributed by atoms with van der Waals surface area (Å²) in [5.41, 5.74) is -0.783. The number of nitrogens with zero attached hydrogens (tertiary/aromatic N) is 2. The van der Waals surface area contributed by atoms with Crippen LogP contribution in [-0.4, -0.2) is 29.0 Å². The molecule has 2 aromatic heterocycles. The number of esters is 1. The lowest BCUT2D eigenvalue weighted by Crippen LogP contribution is -2.14. The lowest BCUT2D eigenvalue weighted by molar-refractivity contribution is -0.137. The van der Waals surface area contributed by atoms with E-state index in [1.807, 2.05) is 0 Å². The van der Waals surface area contributed by atoms with Gasteiger partial charge in [-0.25, -0.2) is 9.78 Å². The fourth-order valence-corrected chi connectivity index (χ4v) is 2.38. The Balaban J connectivity index is 1.88. The number of benzene rings is 1. The summed E-state index contributed by atoms with van der Waals surface area (Å²) >= 11 is 0. The smallest absolute Gasteiger partial charge is 0.416 e. The number of alkyl halides is 3. The Labute approximate surface area is 156 Å². The monoisotopic (exact) mass is 391 g/mol. The normalized spacial score (nSPS) is 11.1. The van der Waals surface area contributed by atoms with E-state index in [4.69, 9.17) is 4.42 Å². The summed E-state index contributed by atoms with van der Waals surface area (Å²) in [6, 6.07) is 5.67. The van der Waals surface area contributed by atoms with Gasteiger partial charge >= 0.3 is 12.1 Å². The summed E-state index contributed by atoms with van der Waals surface area (Å²) < 4.78 is 48.5. The number of pyridine rings is 1. The first-order valence-corrected chi connectivity index (χ1v) is 7.75. The van der Waals surface area contributed by atoms with Crippen LogP contribution in [0.1, 0.15) is 26.4 Å². The third-order valence-corrected chi connectivity index (χ3v) is 3.65. The number of anilines is 1. The molecule has 0 saturated carbocycles. The molecule has 3 aromatic rings. The summed E-state index contributed by atoms with van der Waals surface area (Å²) in [5, 5.41) is 2.46. The maximum atomic E-state index is 12.9. The molecule has 3 rings (SSSR count). The zero-order chi connectivity index (χ0) is 20.3. The van der Waals surface area contributed by atoms with E-state index in [1.54, 1.807) is 0 Å². The van der Waals surface area contributed by atoms with E-state index in [-0.39, 0.29) is 28.3 Å². The van der Waals surface area contributed by atoms with Gasteiger partial charge in [0.25, 0.3) is 5.91 Å². The van der Waals surface area contributed by atoms with Crippen LogP contribution in [0.25, 0.3) is 11.3 Å². The minimum absolute atomic E-state index is 0.0407. The molecule has 0 bridgehead atoms. The second-order valence-electron chi connectivity index (χ2n) is 5.52. The zero-order valence-electron chi connectivity index (χ0n) is 14.3. The molecule has 2 heterocycles. The highest BCUT2D eigenvalue weighted by molar-refractivity contribution is 6.06. The number of amides is 1. The first-order valence-electron chi connectivity index (χ1n) is 7.75. The van der Waals surface area contributed by atoms with Crippen molar-refractivity contribution in [2.24, 2.45) is 0 Å². The molecule has 1 N–H and O–H groups in total. The van der Waals surface area contributed by atoms with Crippen molar-refractivity contribution in [2.45, 2.75) is 6.18 Å². The number of methoxy groups -OCH3 is 1. The molecule has 10 heteroatoms. The molecule has 0 radical (unpaired) electrons. The molecule has 0 atom stereocenters. The van der Waals surface area contributed by atoms with Gasteiger partial charge in [0, 0.05) is 11.8 Å². The van der Waals surface area contributed by atoms with Crippen LogP contribution in [0.15, 0.2) is 53.5 Å². The Morgan fingerprint density at radius 1 is 1.18 bits per heavy atom. The molecular weight excluding hydrogens is 379 g/mol. The number of oxazole rings is 1. The number of carbonyl (C=O) groups is 2. The first kappa shape index (κ1) is 19.1. The molecule has 1 amide bonds. The van der Waals surface area contributed by atoms with Crippen LogP contribution >= 0.6 is 0 Å². The molecule has 0 aliphatic heterocycles. The van der Waals surface area contributed by atoms with Gasteiger partial charge < -0.3 is 14.5 Å². The molecule has 0 saturated heterocycles. The van der Waals surface area contributed by atoms with Crippen LogP contribution in [0.5, 0.6) is 0 Å². The summed E-state index contributed by atoms with van der Waals surface area (Å²) in [7, 11) is 1.20. The van der Waals surface area contributed by atoms with Crippen molar-refractivity contribution in [2.75, 3.05) is 12.4 Å². The van der Waals surface area contributed by atoms with Gasteiger partial charge in [0.1, 0.15) is 0 Å². The summed E-state index contributed by atoms with van der Waals surface area (Å²) in [5.74, 6) is -1.51. The molecule has 144 valence electrons. The number of carbonyl (C=O) groups excluding carboxylic acids is 2. The summed E-state index contributed by atoms with van der Waals surface area (Å²) in [4.78, 5) is 31.6. The fourth-order valence-electron chi connectivity index (χ4n) is 2.38. The number of hydrogen-bond donors (Lipinski definition) is 1. The van der Waals surface area contributed by atoms with E-state index in [1.165, 1.54) is 37.7 Å². The molecule has 0 fully saturated rings. The van der Waals surface area contributed by atoms with Gasteiger partial charge in [0.05, 0.1) is 30.1 Å². The number of ether oxygens (including phenoxy) is 1. The van der Waals surface area contributed by atoms with Crippen molar-refractivity contribution in [3.8, 4) is 11.3 Å². The highest BCUT2D eigenvalue weighted by Gasteiger charge is 2.31. The minimum Gasteiger partial charge on any atom is -0.465 e. The van der Waals surface area contributed by atoms with E-state index in [0.717, 1.165) is 18.5 Å². The lowest BCUT2D eigenvalue weighted by atomic mass is 10.1. The van der Waals surface area contributed by atoms with Crippen molar-refractivity contribution in [3.05, 3.63) is 65.9 Å². The number of halogens is 3. The van der Waals surface area contributed by atoms with E-state index in [0.29, 0.717) is 0 Å². The van der Waals surface area contributed by atoms with Gasteiger partial charge in [-0.05, 0) is 18.2 Å². The first-order chi connectivity index (χ1) is 13.3. The number of aromatic nitrogens is 2. The summed E-state index contributed by atoms with van der Waals surface area (Å²) in [6.07, 6.45) is -1.05. The Hall–Kier alpha value is -3.69. The molecular formula is C18H12F3N3O4. The number of rotatable bonds is 4. The van der Waals surface area contributed by atoms with Crippen molar-refractivity contribution in [1.82, 2.24) is 9.97 Å². The van der Waals surface area contributed by atoms with Crippen LogP contribution in [0.4, 0.5) is 18.9 Å². The molecule has 0 aliphatic carbocycles. The predicted molar refractivity (Wildman–Crippen MR) is 90.5 cm³/mol. The summed E-state index contributed by atoms with van der Waals surface area (Å²) in [6.45, 7) is 0. The Morgan fingerprint density at radius 3 is 2.68 bits per heavy atom. The maximum Gasteiger partial charge on any atom is 0.416 e. The van der Waals surface area contributed by atoms with Crippen molar-refractivity contribution in [1.29, 1.82) is 0 Å². The average Bonchev–Trinajstić information content (AvgIpc) is 3.17. The molecule has 7 nitrogen and oxygen atoms in total. The van der Waals surface area contributed by atoms with Crippen LogP contribution in [-0.2, 0) is 10.9 Å². The largest absolute Gasteiger partial charge is 0.465 e. The van der Waals surface area contributed by atoms with Crippen LogP contribution in [0, 0.1) is 0 Å². The third-order valence-electron chi connectivity index (χ3n) is 3.65. The van der Waals surface area contributed by atoms with Gasteiger partial charge in [0.15, 0.2) is 17.8 Å². The van der Waals surface area contributed by atoms with Crippen LogP contribution in [0.2, 0.25) is 0 Å². The SMILES string of the molecule is COC(=O)c1cncc(NC(=O)c2ncoc2-c2cccc(C(F)(F)F)c2)c1. The van der Waals surface area contributed by atoms with Crippen LogP contribution in [0.3, 0.4) is 0 Å². The topological polar surface area (TPSA) is 94.3 Å². The van der Waals surface area contributed by atoms with Gasteiger partial charge in [-0.2, -0.15) is 13.2 Å². The van der Waals surface area contributed by atoms with E-state index in [9.17, 15) is 22.8 Å². The number of hydrogen-bond acceptors (Lipinski definition) is 6. The van der Waals surface area contributed by atoms with Crippen LogP contribution < -0.4 is 5.32 Å². The highest BCUT2D eigenvalue weighted by Crippen LogP contribution is 2.33. The quantitative estimate of drug-likeness (QED) is 0.680. The van der Waals surface area contributed by atoms with E-state index in [2.05, 4.69) is 20.0 Å². The minimum atomic E-state index is -4.54. The molecule has 28 heavy (non-hydrogen) atoms. The lowest BCUT2D eigenvalue weighted by Gasteiger charge is -2.08. The molecule has 1 aromatic carbocycles. The Kier molecular flexibility index (Phi) is 5.12. The van der Waals surface area contributed by atoms with Gasteiger partial charge in [0.2, 0.25) is 0 Å². The van der Waals surface area contributed by atoms with E-state index < -0.39 is 23.6 Å². The standard InChI is InChI=1S/C18H12F3N3O4/c1-27-17(26)11-6-13(8-22-7-11)24-16(25)14-15(28-9-23-14)10-3-2-4-12(5-10)18(19,20)21/h2-9H,1H3,(H,24,25). The van der Waals surface area contributed by atoms with Crippen molar-refractivity contribution in [3.63, 3.8) is 0 Å². The third kappa shape index (κ3) is 4.00. The highest BCUT2D eigenvalue weighted by atomic mass is 19.4. The second kappa shape index (κ2) is 7.51. The van der Waals surface area contributed by atoms with E-state index >= 15 is 0 Å². The predicted octanol–water partition coefficient (Wildman–Crippen LogP) is 3.79. The Morgan fingerprint density at radius 2 is 1.96 bits per heavy atom. The zero-order valence-corrected chi connectivity index (χ0v) is 14.3. The second-order valence-corrected chi connectivity index (χ2v) is 5.52. The van der Waals surface area contributed by atoms with Gasteiger partial charge in [-0.1, -0.05) is 12.1 Å². The van der Waals surface area contributed by atoms with Crippen molar-refractivity contribution < 1.29 is 31.9 Å². The van der Waals surface area contributed by atoms with Gasteiger partial charge in [-0.3, -0.25) is 9.78 Å². The number of nitrogens with one attached hydrogen (secondary N) is 1. The average molecular weight is 391 g/mol. The van der Waals surface area contributed by atoms with Crippen molar-refractivity contribution >= 4 is 17.6 Å². The Bertz CT molecular complexity index is 1030. The maximum absolute atomic E-state index is 12.9.